The molecule has 33 heavy (non-hydrogen) atoms. The zero-order chi connectivity index (χ0) is 23.3. The van der Waals surface area contributed by atoms with Gasteiger partial charge in [-0.15, -0.1) is 0 Å². The molecule has 0 aromatic carbocycles. The summed E-state index contributed by atoms with van der Waals surface area (Å²) in [5.41, 5.74) is 1.79. The van der Waals surface area contributed by atoms with Crippen molar-refractivity contribution in [3.05, 3.63) is 11.6 Å². The summed E-state index contributed by atoms with van der Waals surface area (Å²) < 4.78 is 7.09. The molecule has 2 heterocycles. The zero-order valence-electron chi connectivity index (χ0n) is 21.5. The van der Waals surface area contributed by atoms with Crippen LogP contribution in [0.3, 0.4) is 0 Å². The molecular formula is C29H45NO3. The fraction of sp³-hybridized carbons (Fsp3) is 0.897. The number of hydrogen-bond acceptors (Lipinski definition) is 3. The van der Waals surface area contributed by atoms with Gasteiger partial charge in [-0.1, -0.05) is 39.3 Å². The van der Waals surface area contributed by atoms with Crippen LogP contribution in [-0.2, 0) is 9.53 Å². The van der Waals surface area contributed by atoms with Gasteiger partial charge in [0.2, 0.25) is 5.91 Å². The van der Waals surface area contributed by atoms with Gasteiger partial charge in [-0.3, -0.25) is 4.79 Å². The van der Waals surface area contributed by atoms with Crippen LogP contribution in [-0.4, -0.2) is 40.4 Å². The highest BCUT2D eigenvalue weighted by atomic mass is 16.5. The Labute approximate surface area is 200 Å². The van der Waals surface area contributed by atoms with E-state index in [9.17, 15) is 9.90 Å². The van der Waals surface area contributed by atoms with Crippen molar-refractivity contribution >= 4 is 5.91 Å². The number of allylic oxidation sites excluding steroid dienone is 1. The van der Waals surface area contributed by atoms with E-state index in [1.165, 1.54) is 25.7 Å². The van der Waals surface area contributed by atoms with Crippen LogP contribution in [0.2, 0.25) is 0 Å². The molecule has 184 valence electrons. The van der Waals surface area contributed by atoms with Crippen LogP contribution < -0.4 is 0 Å². The molecule has 2 aliphatic heterocycles. The van der Waals surface area contributed by atoms with Gasteiger partial charge >= 0.3 is 0 Å². The van der Waals surface area contributed by atoms with Crippen molar-refractivity contribution in [3.63, 3.8) is 0 Å². The number of carbonyl (C=O) groups is 1. The number of piperidine rings is 1. The lowest BCUT2D eigenvalue weighted by atomic mass is 9.47. The highest BCUT2D eigenvalue weighted by Crippen LogP contribution is 2.70. The first-order valence-corrected chi connectivity index (χ1v) is 13.9. The maximum absolute atomic E-state index is 12.7. The number of likely N-dealkylation sites (tertiary alicyclic amines) is 1. The number of fused-ring (bicyclic) bond motifs is 7. The Morgan fingerprint density at radius 3 is 2.67 bits per heavy atom. The maximum Gasteiger partial charge on any atom is 0.221 e. The van der Waals surface area contributed by atoms with E-state index in [0.29, 0.717) is 34.7 Å². The van der Waals surface area contributed by atoms with Crippen LogP contribution in [0, 0.1) is 46.3 Å². The second kappa shape index (κ2) is 7.32. The quantitative estimate of drug-likeness (QED) is 0.488. The maximum atomic E-state index is 12.7. The number of carbonyl (C=O) groups excluding carboxylic acids is 1. The van der Waals surface area contributed by atoms with Crippen molar-refractivity contribution in [2.45, 2.75) is 110 Å². The van der Waals surface area contributed by atoms with Gasteiger partial charge in [-0.05, 0) is 98.2 Å². The molecule has 4 heteroatoms. The third kappa shape index (κ3) is 2.92. The molecule has 6 rings (SSSR count). The fourth-order valence-electron chi connectivity index (χ4n) is 10.5. The molecule has 0 aromatic rings. The molecular weight excluding hydrogens is 410 g/mol. The van der Waals surface area contributed by atoms with E-state index in [2.05, 4.69) is 38.7 Å². The van der Waals surface area contributed by atoms with Crippen LogP contribution in [0.5, 0.6) is 0 Å². The Bertz CT molecular complexity index is 869. The highest BCUT2D eigenvalue weighted by molar-refractivity contribution is 5.74. The third-order valence-corrected chi connectivity index (χ3v) is 12.1. The largest absolute Gasteiger partial charge is 0.393 e. The van der Waals surface area contributed by atoms with E-state index in [1.807, 2.05) is 0 Å². The fourth-order valence-corrected chi connectivity index (χ4v) is 10.5. The minimum absolute atomic E-state index is 0.131. The molecule has 3 saturated carbocycles. The summed E-state index contributed by atoms with van der Waals surface area (Å²) in [6.07, 6.45) is 12.9. The summed E-state index contributed by atoms with van der Waals surface area (Å²) in [4.78, 5) is 14.9. The molecule has 11 atom stereocenters. The van der Waals surface area contributed by atoms with E-state index in [4.69, 9.17) is 4.74 Å². The monoisotopic (exact) mass is 455 g/mol. The van der Waals surface area contributed by atoms with Crippen LogP contribution >= 0.6 is 0 Å². The molecule has 0 radical (unpaired) electrons. The third-order valence-electron chi connectivity index (χ3n) is 12.1. The van der Waals surface area contributed by atoms with E-state index in [-0.39, 0.29) is 17.7 Å². The van der Waals surface area contributed by atoms with Gasteiger partial charge < -0.3 is 14.7 Å². The molecule has 1 amide bonds. The zero-order valence-corrected chi connectivity index (χ0v) is 21.5. The number of aliphatic hydroxyl groups excluding tert-OH is 1. The topological polar surface area (TPSA) is 49.8 Å². The normalized spacial score (nSPS) is 55.5. The summed E-state index contributed by atoms with van der Waals surface area (Å²) in [6, 6.07) is 0. The molecule has 2 saturated heterocycles. The van der Waals surface area contributed by atoms with Gasteiger partial charge in [0.15, 0.2) is 0 Å². The Morgan fingerprint density at radius 1 is 1.12 bits per heavy atom. The van der Waals surface area contributed by atoms with Crippen molar-refractivity contribution in [2.75, 3.05) is 6.54 Å². The van der Waals surface area contributed by atoms with Gasteiger partial charge in [0, 0.05) is 19.4 Å². The summed E-state index contributed by atoms with van der Waals surface area (Å²) in [5, 5.41) is 10.3. The predicted molar refractivity (Wildman–Crippen MR) is 129 cm³/mol. The van der Waals surface area contributed by atoms with Crippen molar-refractivity contribution in [1.29, 1.82) is 0 Å². The van der Waals surface area contributed by atoms with Gasteiger partial charge in [0.25, 0.3) is 0 Å². The predicted octanol–water partition coefficient (Wildman–Crippen LogP) is 5.55. The SMILES string of the molecule is CC(=O)N1CC(C)CCC12OC1CC3C4CC=C5CC(O)CC[C@]5(C)C4CC[C@]3(C)C1C2C. The molecule has 1 spiro atoms. The minimum Gasteiger partial charge on any atom is -0.393 e. The summed E-state index contributed by atoms with van der Waals surface area (Å²) >= 11 is 0. The Balaban J connectivity index is 1.30. The summed E-state index contributed by atoms with van der Waals surface area (Å²) in [6.45, 7) is 12.4. The molecule has 4 nitrogen and oxygen atoms in total. The number of ether oxygens (including phenoxy) is 1. The Hall–Kier alpha value is -0.870. The smallest absolute Gasteiger partial charge is 0.221 e. The van der Waals surface area contributed by atoms with Gasteiger partial charge in [-0.2, -0.15) is 0 Å². The number of amides is 1. The first-order chi connectivity index (χ1) is 15.6. The first-order valence-electron chi connectivity index (χ1n) is 13.9. The van der Waals surface area contributed by atoms with Crippen molar-refractivity contribution in [2.24, 2.45) is 46.3 Å². The minimum atomic E-state index is -0.371. The van der Waals surface area contributed by atoms with Crippen LogP contribution in [0.1, 0.15) is 92.4 Å². The first kappa shape index (κ1) is 22.6. The second-order valence-electron chi connectivity index (χ2n) is 13.5. The molecule has 6 aliphatic rings. The van der Waals surface area contributed by atoms with Crippen LogP contribution in [0.4, 0.5) is 0 Å². The second-order valence-corrected chi connectivity index (χ2v) is 13.5. The Kier molecular flexibility index (Phi) is 5.01. The van der Waals surface area contributed by atoms with Gasteiger partial charge in [0.1, 0.15) is 5.72 Å². The molecule has 0 bridgehead atoms. The van der Waals surface area contributed by atoms with E-state index in [1.54, 1.807) is 12.5 Å². The lowest BCUT2D eigenvalue weighted by Gasteiger charge is -2.59. The molecule has 1 N–H and O–H groups in total. The average Bonchev–Trinajstić information content (AvgIpc) is 3.21. The molecule has 9 unspecified atom stereocenters. The summed E-state index contributed by atoms with van der Waals surface area (Å²) in [7, 11) is 0. The van der Waals surface area contributed by atoms with Crippen LogP contribution in [0.25, 0.3) is 0 Å². The number of nitrogens with zero attached hydrogens (tertiary/aromatic N) is 1. The number of rotatable bonds is 0. The highest BCUT2D eigenvalue weighted by Gasteiger charge is 2.69. The van der Waals surface area contributed by atoms with Crippen LogP contribution in [0.15, 0.2) is 11.6 Å². The van der Waals surface area contributed by atoms with Crippen molar-refractivity contribution in [1.82, 2.24) is 4.90 Å². The van der Waals surface area contributed by atoms with Gasteiger partial charge in [0.05, 0.1) is 12.2 Å². The van der Waals surface area contributed by atoms with E-state index in [0.717, 1.165) is 56.4 Å². The number of hydrogen-bond donors (Lipinski definition) is 1. The number of aliphatic hydroxyl groups is 1. The summed E-state index contributed by atoms with van der Waals surface area (Å²) in [5.74, 6) is 3.95. The lowest BCUT2D eigenvalue weighted by Crippen LogP contribution is -2.60. The van der Waals surface area contributed by atoms with Crippen molar-refractivity contribution in [3.8, 4) is 0 Å². The molecule has 0 aromatic heterocycles. The standard InChI is InChI=1S/C29H45NO3/c1-17-8-13-29(30(16-17)19(3)31)18(2)26-25(33-29)15-24-22-7-6-20-14-21(32)9-11-27(20,4)23(22)10-12-28(24,26)5/h6,17-18,21-26,32H,7-16H2,1-5H3/t17?,18?,21?,22?,23?,24?,25?,26?,27-,28-,29?/m0/s1. The lowest BCUT2D eigenvalue weighted by molar-refractivity contribution is -0.200. The molecule has 4 aliphatic carbocycles. The van der Waals surface area contributed by atoms with Gasteiger partial charge in [-0.25, -0.2) is 0 Å². The van der Waals surface area contributed by atoms with E-state index >= 15 is 0 Å². The Morgan fingerprint density at radius 2 is 1.91 bits per heavy atom. The van der Waals surface area contributed by atoms with Crippen molar-refractivity contribution < 1.29 is 14.6 Å². The van der Waals surface area contributed by atoms with E-state index < -0.39 is 0 Å². The average molecular weight is 456 g/mol. The molecule has 5 fully saturated rings.